The number of hydrogen-bond acceptors (Lipinski definition) is 4. The third-order valence-corrected chi connectivity index (χ3v) is 6.06. The van der Waals surface area contributed by atoms with E-state index in [1.165, 1.54) is 24.1 Å². The zero-order chi connectivity index (χ0) is 17.9. The minimum Gasteiger partial charge on any atom is -0.350 e. The predicted octanol–water partition coefficient (Wildman–Crippen LogP) is 4.64. The van der Waals surface area contributed by atoms with Crippen molar-refractivity contribution >= 4 is 29.0 Å². The Morgan fingerprint density at radius 2 is 2.19 bits per heavy atom. The largest absolute Gasteiger partial charge is 0.350 e. The summed E-state index contributed by atoms with van der Waals surface area (Å²) in [5.74, 6) is 0.607. The minimum atomic E-state index is -0.0202. The molecule has 0 radical (unpaired) electrons. The molecule has 6 heteroatoms. The number of hydrogen-bond donors (Lipinski definition) is 1. The summed E-state index contributed by atoms with van der Waals surface area (Å²) in [6, 6.07) is 12.0. The van der Waals surface area contributed by atoms with Crippen molar-refractivity contribution in [2.24, 2.45) is 0 Å². The highest BCUT2D eigenvalue weighted by Crippen LogP contribution is 2.41. The number of aromatic nitrogens is 2. The lowest BCUT2D eigenvalue weighted by Gasteiger charge is -2.10. The lowest BCUT2D eigenvalue weighted by Crippen LogP contribution is -2.28. The number of amides is 1. The number of benzene rings is 1. The van der Waals surface area contributed by atoms with Crippen molar-refractivity contribution in [3.63, 3.8) is 0 Å². The molecule has 1 amide bonds. The first-order chi connectivity index (χ1) is 12.8. The SMILES string of the molecule is CSc1ccccc1C(=O)NCCn1nc(-c2ccsc2)cc1C1CC1. The van der Waals surface area contributed by atoms with Gasteiger partial charge in [0.05, 0.1) is 17.8 Å². The quantitative estimate of drug-likeness (QED) is 0.605. The molecule has 2 aromatic heterocycles. The van der Waals surface area contributed by atoms with Crippen molar-refractivity contribution < 1.29 is 4.79 Å². The summed E-state index contributed by atoms with van der Waals surface area (Å²) in [7, 11) is 0. The second kappa shape index (κ2) is 7.68. The fraction of sp³-hybridized carbons (Fsp3) is 0.300. The Morgan fingerprint density at radius 3 is 2.92 bits per heavy atom. The van der Waals surface area contributed by atoms with Crippen LogP contribution in [0.2, 0.25) is 0 Å². The molecule has 0 spiro atoms. The van der Waals surface area contributed by atoms with Gasteiger partial charge in [-0.15, -0.1) is 11.8 Å². The normalized spacial score (nSPS) is 13.7. The van der Waals surface area contributed by atoms with Crippen LogP contribution in [0.1, 0.15) is 34.8 Å². The summed E-state index contributed by atoms with van der Waals surface area (Å²) in [5, 5.41) is 12.0. The molecule has 0 aliphatic heterocycles. The zero-order valence-corrected chi connectivity index (χ0v) is 16.3. The van der Waals surface area contributed by atoms with Crippen LogP contribution in [-0.2, 0) is 6.54 Å². The molecular weight excluding hydrogens is 362 g/mol. The highest BCUT2D eigenvalue weighted by atomic mass is 32.2. The van der Waals surface area contributed by atoms with E-state index in [0.29, 0.717) is 19.0 Å². The van der Waals surface area contributed by atoms with Crippen LogP contribution in [0, 0.1) is 0 Å². The number of thiophene rings is 1. The number of rotatable bonds is 7. The van der Waals surface area contributed by atoms with E-state index in [9.17, 15) is 4.79 Å². The van der Waals surface area contributed by atoms with E-state index in [1.807, 2.05) is 30.5 Å². The Balaban J connectivity index is 1.44. The Kier molecular flexibility index (Phi) is 5.13. The molecule has 0 saturated heterocycles. The summed E-state index contributed by atoms with van der Waals surface area (Å²) >= 11 is 3.28. The van der Waals surface area contributed by atoms with Crippen molar-refractivity contribution in [3.8, 4) is 11.3 Å². The minimum absolute atomic E-state index is 0.0202. The van der Waals surface area contributed by atoms with Gasteiger partial charge in [0.25, 0.3) is 5.91 Å². The van der Waals surface area contributed by atoms with Crippen molar-refractivity contribution in [2.75, 3.05) is 12.8 Å². The van der Waals surface area contributed by atoms with Gasteiger partial charge >= 0.3 is 0 Å². The first-order valence-corrected chi connectivity index (χ1v) is 10.9. The molecule has 1 aromatic carbocycles. The van der Waals surface area contributed by atoms with Crippen LogP contribution in [0.4, 0.5) is 0 Å². The van der Waals surface area contributed by atoms with Gasteiger partial charge in [-0.2, -0.15) is 16.4 Å². The van der Waals surface area contributed by atoms with Crippen molar-refractivity contribution in [1.29, 1.82) is 0 Å². The van der Waals surface area contributed by atoms with E-state index < -0.39 is 0 Å². The molecule has 1 aliphatic rings. The summed E-state index contributed by atoms with van der Waals surface area (Å²) < 4.78 is 2.07. The van der Waals surface area contributed by atoms with Crippen molar-refractivity contribution in [3.05, 3.63) is 58.4 Å². The first kappa shape index (κ1) is 17.4. The standard InChI is InChI=1S/C20H21N3OS2/c1-25-19-5-3-2-4-16(19)20(24)21-9-10-23-18(14-6-7-14)12-17(22-23)15-8-11-26-13-15/h2-5,8,11-14H,6-7,9-10H2,1H3,(H,21,24). The number of carbonyl (C=O) groups excluding carboxylic acids is 1. The van der Waals surface area contributed by atoms with Gasteiger partial charge in [-0.1, -0.05) is 12.1 Å². The van der Waals surface area contributed by atoms with Gasteiger partial charge in [0.2, 0.25) is 0 Å². The zero-order valence-electron chi connectivity index (χ0n) is 14.6. The summed E-state index contributed by atoms with van der Waals surface area (Å²) in [6.45, 7) is 1.27. The highest BCUT2D eigenvalue weighted by Gasteiger charge is 2.28. The van der Waals surface area contributed by atoms with E-state index in [0.717, 1.165) is 16.2 Å². The first-order valence-electron chi connectivity index (χ1n) is 8.78. The van der Waals surface area contributed by atoms with E-state index >= 15 is 0 Å². The lowest BCUT2D eigenvalue weighted by molar-refractivity contribution is 0.0949. The Labute approximate surface area is 161 Å². The summed E-state index contributed by atoms with van der Waals surface area (Å²) in [6.07, 6.45) is 4.47. The lowest BCUT2D eigenvalue weighted by atomic mass is 10.2. The third kappa shape index (κ3) is 3.71. The number of thioether (sulfide) groups is 1. The molecule has 3 aromatic rings. The smallest absolute Gasteiger partial charge is 0.252 e. The topological polar surface area (TPSA) is 46.9 Å². The van der Waals surface area contributed by atoms with E-state index in [1.54, 1.807) is 23.1 Å². The molecule has 0 unspecified atom stereocenters. The number of carbonyl (C=O) groups is 1. The van der Waals surface area contributed by atoms with Crippen LogP contribution in [-0.4, -0.2) is 28.5 Å². The maximum atomic E-state index is 12.5. The molecule has 1 saturated carbocycles. The van der Waals surface area contributed by atoms with Gasteiger partial charge in [0.15, 0.2) is 0 Å². The third-order valence-electron chi connectivity index (χ3n) is 4.58. The van der Waals surface area contributed by atoms with E-state index in [2.05, 4.69) is 32.9 Å². The Morgan fingerprint density at radius 1 is 1.35 bits per heavy atom. The fourth-order valence-corrected chi connectivity index (χ4v) is 4.32. The molecule has 0 atom stereocenters. The molecule has 1 aliphatic carbocycles. The molecule has 2 heterocycles. The summed E-state index contributed by atoms with van der Waals surface area (Å²) in [5.41, 5.74) is 4.24. The molecule has 1 fully saturated rings. The van der Waals surface area contributed by atoms with Crippen LogP contribution >= 0.6 is 23.1 Å². The summed E-state index contributed by atoms with van der Waals surface area (Å²) in [4.78, 5) is 13.5. The molecular formula is C20H21N3OS2. The van der Waals surface area contributed by atoms with E-state index in [4.69, 9.17) is 5.10 Å². The van der Waals surface area contributed by atoms with E-state index in [-0.39, 0.29) is 5.91 Å². The van der Waals surface area contributed by atoms with Crippen LogP contribution in [0.15, 0.2) is 52.1 Å². The van der Waals surface area contributed by atoms with Crippen molar-refractivity contribution in [1.82, 2.24) is 15.1 Å². The van der Waals surface area contributed by atoms with Crippen LogP contribution in [0.5, 0.6) is 0 Å². The molecule has 1 N–H and O–H groups in total. The van der Waals surface area contributed by atoms with Crippen LogP contribution < -0.4 is 5.32 Å². The molecule has 4 nitrogen and oxygen atoms in total. The average Bonchev–Trinajstić information content (AvgIpc) is 3.19. The maximum absolute atomic E-state index is 12.5. The van der Waals surface area contributed by atoms with Gasteiger partial charge < -0.3 is 5.32 Å². The van der Waals surface area contributed by atoms with Crippen molar-refractivity contribution in [2.45, 2.75) is 30.2 Å². The maximum Gasteiger partial charge on any atom is 0.252 e. The number of nitrogens with one attached hydrogen (secondary N) is 1. The van der Waals surface area contributed by atoms with Crippen LogP contribution in [0.3, 0.4) is 0 Å². The average molecular weight is 384 g/mol. The molecule has 26 heavy (non-hydrogen) atoms. The highest BCUT2D eigenvalue weighted by molar-refractivity contribution is 7.98. The molecule has 4 rings (SSSR count). The van der Waals surface area contributed by atoms with Gasteiger partial charge in [0.1, 0.15) is 0 Å². The predicted molar refractivity (Wildman–Crippen MR) is 108 cm³/mol. The van der Waals surface area contributed by atoms with Gasteiger partial charge in [0, 0.05) is 34.0 Å². The van der Waals surface area contributed by atoms with Gasteiger partial charge in [-0.25, -0.2) is 0 Å². The second-order valence-electron chi connectivity index (χ2n) is 6.42. The second-order valence-corrected chi connectivity index (χ2v) is 8.05. The monoisotopic (exact) mass is 383 g/mol. The van der Waals surface area contributed by atoms with Gasteiger partial charge in [-0.3, -0.25) is 9.48 Å². The van der Waals surface area contributed by atoms with Gasteiger partial charge in [-0.05, 0) is 48.7 Å². The molecule has 0 bridgehead atoms. The number of nitrogens with zero attached hydrogens (tertiary/aromatic N) is 2. The fourth-order valence-electron chi connectivity index (χ4n) is 3.07. The van der Waals surface area contributed by atoms with Crippen LogP contribution in [0.25, 0.3) is 11.3 Å². The Hall–Kier alpha value is -2.05. The molecule has 134 valence electrons. The Bertz CT molecular complexity index is 898.